The molecule has 1 rings (SSSR count). The molecule has 4 nitrogen and oxygen atoms in total. The molecule has 0 aromatic carbocycles. The SMILES string of the molecule is CCNC(CC)(CO)CCCn1nc(C)c(C)c1C. The quantitative estimate of drug-likeness (QED) is 0.760. The lowest BCUT2D eigenvalue weighted by atomic mass is 9.91. The fourth-order valence-corrected chi connectivity index (χ4v) is 2.58. The van der Waals surface area contributed by atoms with Crippen molar-refractivity contribution in [2.75, 3.05) is 13.2 Å². The first kappa shape index (κ1) is 16.2. The monoisotopic (exact) mass is 267 g/mol. The molecule has 0 aliphatic heterocycles. The van der Waals surface area contributed by atoms with Crippen molar-refractivity contribution in [2.24, 2.45) is 0 Å². The standard InChI is InChI=1S/C15H29N3O/c1-6-15(11-19,16-7-2)9-8-10-18-14(5)12(3)13(4)17-18/h16,19H,6-11H2,1-5H3. The number of hydrogen-bond acceptors (Lipinski definition) is 3. The Bertz CT molecular complexity index is 394. The van der Waals surface area contributed by atoms with Crippen LogP contribution in [0.15, 0.2) is 0 Å². The average Bonchev–Trinajstić information content (AvgIpc) is 2.65. The lowest BCUT2D eigenvalue weighted by molar-refractivity contribution is 0.144. The Balaban J connectivity index is 2.59. The maximum absolute atomic E-state index is 9.62. The third-order valence-corrected chi connectivity index (χ3v) is 4.30. The van der Waals surface area contributed by atoms with Crippen LogP contribution in [0, 0.1) is 20.8 Å². The van der Waals surface area contributed by atoms with E-state index < -0.39 is 0 Å². The van der Waals surface area contributed by atoms with Gasteiger partial charge in [0.2, 0.25) is 0 Å². The summed E-state index contributed by atoms with van der Waals surface area (Å²) in [4.78, 5) is 0. The number of hydrogen-bond donors (Lipinski definition) is 2. The fraction of sp³-hybridized carbons (Fsp3) is 0.800. The summed E-state index contributed by atoms with van der Waals surface area (Å²) < 4.78 is 2.09. The van der Waals surface area contributed by atoms with E-state index in [0.717, 1.165) is 38.0 Å². The maximum atomic E-state index is 9.62. The molecule has 1 heterocycles. The van der Waals surface area contributed by atoms with Crippen LogP contribution in [0.1, 0.15) is 50.1 Å². The fourth-order valence-electron chi connectivity index (χ4n) is 2.58. The summed E-state index contributed by atoms with van der Waals surface area (Å²) in [7, 11) is 0. The number of aliphatic hydroxyl groups is 1. The summed E-state index contributed by atoms with van der Waals surface area (Å²) in [6, 6.07) is 0. The van der Waals surface area contributed by atoms with Gasteiger partial charge < -0.3 is 10.4 Å². The van der Waals surface area contributed by atoms with Gasteiger partial charge in [-0.05, 0) is 52.1 Å². The van der Waals surface area contributed by atoms with Crippen LogP contribution in [0.4, 0.5) is 0 Å². The highest BCUT2D eigenvalue weighted by molar-refractivity contribution is 5.22. The van der Waals surface area contributed by atoms with Crippen LogP contribution in [-0.4, -0.2) is 33.6 Å². The van der Waals surface area contributed by atoms with Gasteiger partial charge in [-0.2, -0.15) is 5.10 Å². The number of aryl methyl sites for hydroxylation is 2. The Morgan fingerprint density at radius 2 is 1.95 bits per heavy atom. The van der Waals surface area contributed by atoms with E-state index in [2.05, 4.69) is 49.7 Å². The highest BCUT2D eigenvalue weighted by Crippen LogP contribution is 2.18. The molecule has 0 saturated carbocycles. The second kappa shape index (κ2) is 7.06. The molecule has 4 heteroatoms. The molecule has 2 N–H and O–H groups in total. The van der Waals surface area contributed by atoms with Crippen LogP contribution >= 0.6 is 0 Å². The molecule has 0 aliphatic rings. The summed E-state index contributed by atoms with van der Waals surface area (Å²) in [6.45, 7) is 12.5. The average molecular weight is 267 g/mol. The minimum absolute atomic E-state index is 0.125. The molecule has 0 bridgehead atoms. The van der Waals surface area contributed by atoms with E-state index >= 15 is 0 Å². The molecule has 1 aromatic heterocycles. The van der Waals surface area contributed by atoms with Gasteiger partial charge in [0.15, 0.2) is 0 Å². The Kier molecular flexibility index (Phi) is 6.01. The first-order valence-corrected chi connectivity index (χ1v) is 7.36. The molecular weight excluding hydrogens is 238 g/mol. The van der Waals surface area contributed by atoms with Crippen LogP contribution in [0.2, 0.25) is 0 Å². The number of aromatic nitrogens is 2. The number of nitrogens with one attached hydrogen (secondary N) is 1. The molecule has 0 spiro atoms. The normalized spacial score (nSPS) is 14.6. The largest absolute Gasteiger partial charge is 0.394 e. The Labute approximate surface area is 117 Å². The van der Waals surface area contributed by atoms with E-state index in [1.807, 2.05) is 0 Å². The van der Waals surface area contributed by atoms with Gasteiger partial charge in [-0.25, -0.2) is 0 Å². The third-order valence-electron chi connectivity index (χ3n) is 4.30. The van der Waals surface area contributed by atoms with E-state index in [-0.39, 0.29) is 12.1 Å². The van der Waals surface area contributed by atoms with Gasteiger partial charge in [0.1, 0.15) is 0 Å². The minimum Gasteiger partial charge on any atom is -0.394 e. The molecule has 0 saturated heterocycles. The van der Waals surface area contributed by atoms with Gasteiger partial charge in [-0.1, -0.05) is 13.8 Å². The molecule has 110 valence electrons. The van der Waals surface area contributed by atoms with E-state index in [1.54, 1.807) is 0 Å². The van der Waals surface area contributed by atoms with Crippen molar-refractivity contribution in [3.63, 3.8) is 0 Å². The van der Waals surface area contributed by atoms with Gasteiger partial charge in [0, 0.05) is 17.8 Å². The molecule has 0 radical (unpaired) electrons. The van der Waals surface area contributed by atoms with Crippen LogP contribution in [-0.2, 0) is 6.54 Å². The van der Waals surface area contributed by atoms with E-state index in [1.165, 1.54) is 11.3 Å². The van der Waals surface area contributed by atoms with Gasteiger partial charge in [0.05, 0.1) is 12.3 Å². The molecule has 1 atom stereocenters. The summed E-state index contributed by atoms with van der Waals surface area (Å²) in [6.07, 6.45) is 2.96. The topological polar surface area (TPSA) is 50.1 Å². The molecule has 0 amide bonds. The highest BCUT2D eigenvalue weighted by Gasteiger charge is 2.25. The lowest BCUT2D eigenvalue weighted by Crippen LogP contribution is -2.48. The zero-order chi connectivity index (χ0) is 14.5. The van der Waals surface area contributed by atoms with Gasteiger partial charge in [-0.15, -0.1) is 0 Å². The van der Waals surface area contributed by atoms with Crippen LogP contribution in [0.5, 0.6) is 0 Å². The highest BCUT2D eigenvalue weighted by atomic mass is 16.3. The van der Waals surface area contributed by atoms with Crippen LogP contribution < -0.4 is 5.32 Å². The van der Waals surface area contributed by atoms with Crippen molar-refractivity contribution in [3.05, 3.63) is 17.0 Å². The van der Waals surface area contributed by atoms with Crippen molar-refractivity contribution in [3.8, 4) is 0 Å². The van der Waals surface area contributed by atoms with Gasteiger partial charge in [0.25, 0.3) is 0 Å². The third kappa shape index (κ3) is 3.80. The van der Waals surface area contributed by atoms with Crippen molar-refractivity contribution in [1.82, 2.24) is 15.1 Å². The first-order valence-electron chi connectivity index (χ1n) is 7.36. The molecular formula is C15H29N3O. The van der Waals surface area contributed by atoms with Crippen molar-refractivity contribution >= 4 is 0 Å². The summed E-state index contributed by atoms with van der Waals surface area (Å²) in [5.74, 6) is 0. The Hall–Kier alpha value is -0.870. The van der Waals surface area contributed by atoms with Gasteiger partial charge >= 0.3 is 0 Å². The molecule has 0 fully saturated rings. The number of nitrogens with zero attached hydrogens (tertiary/aromatic N) is 2. The maximum Gasteiger partial charge on any atom is 0.0625 e. The summed E-state index contributed by atoms with van der Waals surface area (Å²) in [5.41, 5.74) is 3.54. The van der Waals surface area contributed by atoms with E-state index in [4.69, 9.17) is 0 Å². The zero-order valence-electron chi connectivity index (χ0n) is 13.1. The zero-order valence-corrected chi connectivity index (χ0v) is 13.1. The van der Waals surface area contributed by atoms with Crippen molar-refractivity contribution in [1.29, 1.82) is 0 Å². The predicted molar refractivity (Wildman–Crippen MR) is 79.5 cm³/mol. The van der Waals surface area contributed by atoms with Crippen molar-refractivity contribution < 1.29 is 5.11 Å². The summed E-state index contributed by atoms with van der Waals surface area (Å²) in [5, 5.41) is 17.6. The summed E-state index contributed by atoms with van der Waals surface area (Å²) >= 11 is 0. The Morgan fingerprint density at radius 1 is 1.26 bits per heavy atom. The van der Waals surface area contributed by atoms with Crippen LogP contribution in [0.25, 0.3) is 0 Å². The first-order chi connectivity index (χ1) is 8.99. The molecule has 1 unspecified atom stereocenters. The number of likely N-dealkylation sites (N-methyl/N-ethyl adjacent to an activating group) is 1. The number of aliphatic hydroxyl groups excluding tert-OH is 1. The molecule has 0 aliphatic carbocycles. The Morgan fingerprint density at radius 3 is 2.37 bits per heavy atom. The minimum atomic E-state index is -0.125. The van der Waals surface area contributed by atoms with Gasteiger partial charge in [-0.3, -0.25) is 4.68 Å². The van der Waals surface area contributed by atoms with E-state index in [0.29, 0.717) is 0 Å². The number of rotatable bonds is 8. The smallest absolute Gasteiger partial charge is 0.0625 e. The second-order valence-corrected chi connectivity index (χ2v) is 5.44. The van der Waals surface area contributed by atoms with E-state index in [9.17, 15) is 5.11 Å². The second-order valence-electron chi connectivity index (χ2n) is 5.44. The van der Waals surface area contributed by atoms with Crippen molar-refractivity contribution in [2.45, 2.75) is 66.0 Å². The van der Waals surface area contributed by atoms with Crippen LogP contribution in [0.3, 0.4) is 0 Å². The molecule has 1 aromatic rings. The molecule has 19 heavy (non-hydrogen) atoms. The lowest BCUT2D eigenvalue weighted by Gasteiger charge is -2.31. The predicted octanol–water partition coefficient (Wildman–Crippen LogP) is 2.34.